The molecule has 0 unspecified atom stereocenters. The number of aryl methyl sites for hydroxylation is 1. The van der Waals surface area contributed by atoms with Gasteiger partial charge in [0.05, 0.1) is 6.54 Å². The Kier molecular flexibility index (Phi) is 4.61. The first-order valence-electron chi connectivity index (χ1n) is 6.47. The molecule has 110 valence electrons. The van der Waals surface area contributed by atoms with E-state index in [1.807, 2.05) is 18.4 Å². The molecule has 2 heterocycles. The monoisotopic (exact) mass is 297 g/mol. The molecule has 7 heteroatoms. The summed E-state index contributed by atoms with van der Waals surface area (Å²) in [6.07, 6.45) is 0.857. The summed E-state index contributed by atoms with van der Waals surface area (Å²) < 4.78 is 5.27. The van der Waals surface area contributed by atoms with Crippen molar-refractivity contribution in [1.29, 1.82) is 0 Å². The number of ether oxygens (including phenoxy) is 1. The maximum Gasteiger partial charge on any atom is 0.234 e. The summed E-state index contributed by atoms with van der Waals surface area (Å²) in [4.78, 5) is 13.6. The number of amides is 1. The molecule has 1 aromatic rings. The van der Waals surface area contributed by atoms with Crippen molar-refractivity contribution in [3.8, 4) is 0 Å². The molecule has 0 atom stereocenters. The lowest BCUT2D eigenvalue weighted by atomic mass is 9.78. The van der Waals surface area contributed by atoms with Crippen molar-refractivity contribution in [3.05, 3.63) is 21.9 Å². The van der Waals surface area contributed by atoms with Crippen LogP contribution in [0.15, 0.2) is 16.6 Å². The fourth-order valence-corrected chi connectivity index (χ4v) is 3.18. The van der Waals surface area contributed by atoms with Crippen LogP contribution in [-0.4, -0.2) is 30.2 Å². The SMILES string of the molecule is Cc1ccsc1CNC(=O)C1(/C(N)=N/O)CCOCC1. The number of carbonyl (C=O) groups is 1. The van der Waals surface area contributed by atoms with Crippen molar-refractivity contribution in [1.82, 2.24) is 5.32 Å². The fraction of sp³-hybridized carbons (Fsp3) is 0.538. The fourth-order valence-electron chi connectivity index (χ4n) is 2.33. The van der Waals surface area contributed by atoms with Gasteiger partial charge in [-0.05, 0) is 36.8 Å². The summed E-state index contributed by atoms with van der Waals surface area (Å²) in [5, 5.41) is 16.9. The molecule has 1 aromatic heterocycles. The lowest BCUT2D eigenvalue weighted by Crippen LogP contribution is -2.52. The van der Waals surface area contributed by atoms with E-state index in [9.17, 15) is 4.79 Å². The zero-order valence-electron chi connectivity index (χ0n) is 11.4. The Hall–Kier alpha value is -1.60. The molecule has 1 fully saturated rings. The van der Waals surface area contributed by atoms with Crippen LogP contribution in [0.5, 0.6) is 0 Å². The Bertz CT molecular complexity index is 507. The number of carbonyl (C=O) groups excluding carboxylic acids is 1. The largest absolute Gasteiger partial charge is 0.409 e. The average molecular weight is 297 g/mol. The van der Waals surface area contributed by atoms with Gasteiger partial charge in [0.15, 0.2) is 5.84 Å². The van der Waals surface area contributed by atoms with Gasteiger partial charge in [0.25, 0.3) is 0 Å². The summed E-state index contributed by atoms with van der Waals surface area (Å²) in [7, 11) is 0. The third-order valence-electron chi connectivity index (χ3n) is 3.76. The predicted molar refractivity (Wildman–Crippen MR) is 76.8 cm³/mol. The van der Waals surface area contributed by atoms with Gasteiger partial charge in [-0.25, -0.2) is 0 Å². The lowest BCUT2D eigenvalue weighted by molar-refractivity contribution is -0.131. The quantitative estimate of drug-likeness (QED) is 0.337. The third-order valence-corrected chi connectivity index (χ3v) is 4.78. The molecular weight excluding hydrogens is 278 g/mol. The number of amidine groups is 1. The van der Waals surface area contributed by atoms with E-state index in [1.54, 1.807) is 11.3 Å². The molecule has 0 spiro atoms. The lowest BCUT2D eigenvalue weighted by Gasteiger charge is -2.34. The van der Waals surface area contributed by atoms with Crippen molar-refractivity contribution < 1.29 is 14.7 Å². The summed E-state index contributed by atoms with van der Waals surface area (Å²) in [6.45, 7) is 3.33. The van der Waals surface area contributed by atoms with E-state index in [-0.39, 0.29) is 11.7 Å². The van der Waals surface area contributed by atoms with Gasteiger partial charge in [0.2, 0.25) is 5.91 Å². The van der Waals surface area contributed by atoms with Crippen LogP contribution in [0.4, 0.5) is 0 Å². The Morgan fingerprint density at radius 2 is 2.30 bits per heavy atom. The van der Waals surface area contributed by atoms with Crippen LogP contribution in [0.1, 0.15) is 23.3 Å². The van der Waals surface area contributed by atoms with Gasteiger partial charge < -0.3 is 21.0 Å². The van der Waals surface area contributed by atoms with Crippen LogP contribution in [0.3, 0.4) is 0 Å². The van der Waals surface area contributed by atoms with Crippen LogP contribution in [0.2, 0.25) is 0 Å². The molecule has 20 heavy (non-hydrogen) atoms. The van der Waals surface area contributed by atoms with Crippen LogP contribution >= 0.6 is 11.3 Å². The molecule has 1 amide bonds. The molecule has 1 aliphatic rings. The summed E-state index contributed by atoms with van der Waals surface area (Å²) in [5.74, 6) is -0.245. The highest BCUT2D eigenvalue weighted by molar-refractivity contribution is 7.10. The number of nitrogens with one attached hydrogen (secondary N) is 1. The second-order valence-corrected chi connectivity index (χ2v) is 5.89. The normalized spacial score (nSPS) is 18.8. The zero-order valence-corrected chi connectivity index (χ0v) is 12.2. The van der Waals surface area contributed by atoms with Gasteiger partial charge >= 0.3 is 0 Å². The minimum absolute atomic E-state index is 0.0406. The molecule has 6 nitrogen and oxygen atoms in total. The average Bonchev–Trinajstić information content (AvgIpc) is 2.89. The Morgan fingerprint density at radius 3 is 2.85 bits per heavy atom. The number of thiophene rings is 1. The first-order chi connectivity index (χ1) is 9.60. The number of nitrogens with two attached hydrogens (primary N) is 1. The van der Waals surface area contributed by atoms with Gasteiger partial charge in [0, 0.05) is 18.1 Å². The zero-order chi connectivity index (χ0) is 14.6. The summed E-state index contributed by atoms with van der Waals surface area (Å²) >= 11 is 1.60. The molecule has 0 aliphatic carbocycles. The minimum atomic E-state index is -0.960. The van der Waals surface area contributed by atoms with Crippen molar-refractivity contribution in [2.45, 2.75) is 26.3 Å². The van der Waals surface area contributed by atoms with Crippen molar-refractivity contribution in [2.75, 3.05) is 13.2 Å². The smallest absolute Gasteiger partial charge is 0.234 e. The van der Waals surface area contributed by atoms with Crippen molar-refractivity contribution >= 4 is 23.1 Å². The first-order valence-corrected chi connectivity index (χ1v) is 7.35. The van der Waals surface area contributed by atoms with Crippen LogP contribution in [0.25, 0.3) is 0 Å². The summed E-state index contributed by atoms with van der Waals surface area (Å²) in [5.41, 5.74) is 5.94. The van der Waals surface area contributed by atoms with E-state index >= 15 is 0 Å². The standard InChI is InChI=1S/C13H19N3O3S/c1-9-2-7-20-10(9)8-15-12(17)13(11(14)16-18)3-5-19-6-4-13/h2,7,18H,3-6,8H2,1H3,(H2,14,16)(H,15,17). The molecular formula is C13H19N3O3S. The Balaban J connectivity index is 2.09. The van der Waals surface area contributed by atoms with Crippen LogP contribution in [0, 0.1) is 12.3 Å². The van der Waals surface area contributed by atoms with E-state index in [0.717, 1.165) is 10.4 Å². The van der Waals surface area contributed by atoms with Crippen molar-refractivity contribution in [2.24, 2.45) is 16.3 Å². The van der Waals surface area contributed by atoms with E-state index in [1.165, 1.54) is 0 Å². The molecule has 1 aliphatic heterocycles. The van der Waals surface area contributed by atoms with E-state index < -0.39 is 5.41 Å². The van der Waals surface area contributed by atoms with E-state index in [4.69, 9.17) is 15.7 Å². The predicted octanol–water partition coefficient (Wildman–Crippen LogP) is 1.22. The molecule has 0 aromatic carbocycles. The maximum absolute atomic E-state index is 12.5. The molecule has 0 bridgehead atoms. The van der Waals surface area contributed by atoms with Gasteiger partial charge in [-0.15, -0.1) is 11.3 Å². The number of hydrogen-bond acceptors (Lipinski definition) is 5. The van der Waals surface area contributed by atoms with Crippen LogP contribution in [-0.2, 0) is 16.1 Å². The number of oxime groups is 1. The molecule has 1 saturated heterocycles. The third kappa shape index (κ3) is 2.78. The van der Waals surface area contributed by atoms with Crippen LogP contribution < -0.4 is 11.1 Å². The Labute approximate surface area is 121 Å². The highest BCUT2D eigenvalue weighted by Gasteiger charge is 2.44. The van der Waals surface area contributed by atoms with E-state index in [0.29, 0.717) is 32.6 Å². The second-order valence-electron chi connectivity index (χ2n) is 4.89. The number of rotatable bonds is 4. The van der Waals surface area contributed by atoms with Gasteiger partial charge in [-0.2, -0.15) is 0 Å². The summed E-state index contributed by atoms with van der Waals surface area (Å²) in [6, 6.07) is 2.01. The topological polar surface area (TPSA) is 96.9 Å². The minimum Gasteiger partial charge on any atom is -0.409 e. The van der Waals surface area contributed by atoms with Gasteiger partial charge in [-0.1, -0.05) is 5.16 Å². The first kappa shape index (κ1) is 14.8. The van der Waals surface area contributed by atoms with E-state index in [2.05, 4.69) is 10.5 Å². The molecule has 0 radical (unpaired) electrons. The number of nitrogens with zero attached hydrogens (tertiary/aromatic N) is 1. The number of hydrogen-bond donors (Lipinski definition) is 3. The maximum atomic E-state index is 12.5. The molecule has 2 rings (SSSR count). The highest BCUT2D eigenvalue weighted by Crippen LogP contribution is 2.31. The Morgan fingerprint density at radius 1 is 1.60 bits per heavy atom. The second kappa shape index (κ2) is 6.23. The highest BCUT2D eigenvalue weighted by atomic mass is 32.1. The molecule has 0 saturated carbocycles. The van der Waals surface area contributed by atoms with Crippen molar-refractivity contribution in [3.63, 3.8) is 0 Å². The van der Waals surface area contributed by atoms with Gasteiger partial charge in [-0.3, -0.25) is 4.79 Å². The molecule has 4 N–H and O–H groups in total. The van der Waals surface area contributed by atoms with Gasteiger partial charge in [0.1, 0.15) is 5.41 Å².